The molecule has 0 saturated carbocycles. The van der Waals surface area contributed by atoms with Crippen LogP contribution in [0.5, 0.6) is 17.2 Å². The highest BCUT2D eigenvalue weighted by molar-refractivity contribution is 6.32. The summed E-state index contributed by atoms with van der Waals surface area (Å²) in [5, 5.41) is 3.57. The van der Waals surface area contributed by atoms with Crippen LogP contribution in [0.2, 0.25) is 5.02 Å². The van der Waals surface area contributed by atoms with E-state index in [1.807, 2.05) is 0 Å². The van der Waals surface area contributed by atoms with Crippen LogP contribution >= 0.6 is 11.6 Å². The van der Waals surface area contributed by atoms with E-state index in [9.17, 15) is 9.59 Å². The Labute approximate surface area is 171 Å². The molecule has 1 aliphatic rings. The molecule has 7 nitrogen and oxygen atoms in total. The number of amides is 1. The summed E-state index contributed by atoms with van der Waals surface area (Å²) >= 11 is 6.20. The molecule has 1 aliphatic heterocycles. The number of methoxy groups -OCH3 is 3. The highest BCUT2D eigenvalue weighted by Crippen LogP contribution is 2.42. The fourth-order valence-corrected chi connectivity index (χ4v) is 3.71. The number of halogens is 1. The maximum atomic E-state index is 13.2. The Hall–Kier alpha value is -3.19. The zero-order valence-corrected chi connectivity index (χ0v) is 17.0. The second-order valence-electron chi connectivity index (χ2n) is 6.64. The Bertz CT molecular complexity index is 1190. The van der Waals surface area contributed by atoms with E-state index in [0.717, 1.165) is 5.56 Å². The topological polar surface area (TPSA) is 87.0 Å². The first kappa shape index (κ1) is 19.1. The predicted molar refractivity (Wildman–Crippen MR) is 108 cm³/mol. The molecule has 0 bridgehead atoms. The quantitative estimate of drug-likeness (QED) is 0.700. The number of hydrogen-bond donors (Lipinski definition) is 1. The Morgan fingerprint density at radius 1 is 1.00 bits per heavy atom. The van der Waals surface area contributed by atoms with Crippen LogP contribution in [0.1, 0.15) is 33.3 Å². The van der Waals surface area contributed by atoms with E-state index in [-0.39, 0.29) is 16.8 Å². The third-order valence-electron chi connectivity index (χ3n) is 5.00. The molecule has 1 aromatic heterocycles. The zero-order chi connectivity index (χ0) is 20.9. The third-order valence-corrected chi connectivity index (χ3v) is 5.40. The van der Waals surface area contributed by atoms with Crippen molar-refractivity contribution in [1.82, 2.24) is 5.32 Å². The van der Waals surface area contributed by atoms with Crippen LogP contribution in [-0.2, 0) is 0 Å². The van der Waals surface area contributed by atoms with Gasteiger partial charge in [0.1, 0.15) is 5.58 Å². The highest BCUT2D eigenvalue weighted by atomic mass is 35.5. The van der Waals surface area contributed by atoms with Crippen LogP contribution in [-0.4, -0.2) is 27.2 Å². The van der Waals surface area contributed by atoms with Crippen LogP contribution in [0.4, 0.5) is 0 Å². The zero-order valence-electron chi connectivity index (χ0n) is 16.2. The number of carbonyl (C=O) groups is 1. The molecule has 1 amide bonds. The van der Waals surface area contributed by atoms with Gasteiger partial charge in [0.25, 0.3) is 5.91 Å². The van der Waals surface area contributed by atoms with E-state index in [0.29, 0.717) is 38.8 Å². The molecular weight excluding hydrogens is 398 g/mol. The lowest BCUT2D eigenvalue weighted by molar-refractivity contribution is 0.0937. The average molecular weight is 416 g/mol. The largest absolute Gasteiger partial charge is 0.493 e. The van der Waals surface area contributed by atoms with Crippen LogP contribution < -0.4 is 25.0 Å². The Balaban J connectivity index is 1.97. The molecule has 0 fully saturated rings. The molecule has 4 rings (SSSR count). The Morgan fingerprint density at radius 2 is 1.66 bits per heavy atom. The summed E-state index contributed by atoms with van der Waals surface area (Å²) in [5.41, 5.74) is 1.56. The molecule has 150 valence electrons. The van der Waals surface area contributed by atoms with Gasteiger partial charge in [0, 0.05) is 5.02 Å². The molecule has 0 spiro atoms. The van der Waals surface area contributed by atoms with Crippen molar-refractivity contribution in [2.75, 3.05) is 21.3 Å². The molecule has 0 aliphatic carbocycles. The third kappa shape index (κ3) is 2.89. The van der Waals surface area contributed by atoms with Crippen molar-refractivity contribution in [3.63, 3.8) is 0 Å². The van der Waals surface area contributed by atoms with Crippen molar-refractivity contribution in [3.8, 4) is 17.2 Å². The maximum Gasteiger partial charge on any atom is 0.288 e. The average Bonchev–Trinajstić information content (AvgIpc) is 3.05. The minimum absolute atomic E-state index is 0.0111. The van der Waals surface area contributed by atoms with E-state index >= 15 is 0 Å². The molecule has 1 N–H and O–H groups in total. The molecule has 3 aromatic rings. The summed E-state index contributed by atoms with van der Waals surface area (Å²) in [6, 6.07) is 5.86. The summed E-state index contributed by atoms with van der Waals surface area (Å²) in [7, 11) is 4.49. The molecule has 0 unspecified atom stereocenters. The summed E-state index contributed by atoms with van der Waals surface area (Å²) in [6.07, 6.45) is 0. The van der Waals surface area contributed by atoms with Gasteiger partial charge in [-0.15, -0.1) is 0 Å². The van der Waals surface area contributed by atoms with Crippen molar-refractivity contribution >= 4 is 28.5 Å². The second kappa shape index (κ2) is 7.00. The molecule has 2 aromatic carbocycles. The molecule has 0 saturated heterocycles. The standard InChI is InChI=1S/C21H18ClNO6/c1-9-5-13-11(8-12(9)22)18(24)16-17(23-21(25)20(16)29-13)10-6-14(26-2)19(28-4)15(7-10)27-3/h5-8,17H,1-4H3,(H,23,25)/t17-/m1/s1. The van der Waals surface area contributed by atoms with Crippen LogP contribution in [0, 0.1) is 6.92 Å². The van der Waals surface area contributed by atoms with Gasteiger partial charge in [-0.2, -0.15) is 0 Å². The molecule has 2 heterocycles. The molecular formula is C21H18ClNO6. The Kier molecular flexibility index (Phi) is 4.62. The SMILES string of the molecule is COc1cc([C@H]2NC(=O)c3oc4cc(C)c(Cl)cc4c(=O)c32)cc(OC)c1OC. The fraction of sp³-hybridized carbons (Fsp3) is 0.238. The van der Waals surface area contributed by atoms with Gasteiger partial charge >= 0.3 is 0 Å². The van der Waals surface area contributed by atoms with Gasteiger partial charge in [-0.3, -0.25) is 9.59 Å². The van der Waals surface area contributed by atoms with Crippen LogP contribution in [0.25, 0.3) is 11.0 Å². The van der Waals surface area contributed by atoms with Gasteiger partial charge in [0.15, 0.2) is 16.9 Å². The summed E-state index contributed by atoms with van der Waals surface area (Å²) < 4.78 is 21.9. The molecule has 1 atom stereocenters. The van der Waals surface area contributed by atoms with Gasteiger partial charge in [0.05, 0.1) is 38.3 Å². The number of nitrogens with one attached hydrogen (secondary N) is 1. The highest BCUT2D eigenvalue weighted by Gasteiger charge is 2.37. The molecule has 0 radical (unpaired) electrons. The van der Waals surface area contributed by atoms with Crippen LogP contribution in [0.15, 0.2) is 33.5 Å². The van der Waals surface area contributed by atoms with E-state index in [2.05, 4.69) is 5.32 Å². The lowest BCUT2D eigenvalue weighted by Gasteiger charge is -2.17. The number of fused-ring (bicyclic) bond motifs is 2. The van der Waals surface area contributed by atoms with Gasteiger partial charge in [-0.25, -0.2) is 0 Å². The first-order valence-corrected chi connectivity index (χ1v) is 9.15. The molecule has 29 heavy (non-hydrogen) atoms. The lowest BCUT2D eigenvalue weighted by atomic mass is 9.98. The summed E-state index contributed by atoms with van der Waals surface area (Å²) in [4.78, 5) is 25.8. The molecule has 8 heteroatoms. The predicted octanol–water partition coefficient (Wildman–Crippen LogP) is 3.61. The first-order chi connectivity index (χ1) is 13.9. The van der Waals surface area contributed by atoms with Crippen molar-refractivity contribution < 1.29 is 23.4 Å². The normalized spacial score (nSPS) is 15.2. The number of rotatable bonds is 4. The van der Waals surface area contributed by atoms with Gasteiger partial charge in [-0.05, 0) is 42.3 Å². The van der Waals surface area contributed by atoms with Crippen molar-refractivity contribution in [2.45, 2.75) is 13.0 Å². The number of hydrogen-bond acceptors (Lipinski definition) is 6. The minimum atomic E-state index is -0.730. The van der Waals surface area contributed by atoms with Gasteiger partial charge in [0.2, 0.25) is 11.5 Å². The lowest BCUT2D eigenvalue weighted by Crippen LogP contribution is -2.22. The van der Waals surface area contributed by atoms with Crippen molar-refractivity contribution in [2.24, 2.45) is 0 Å². The van der Waals surface area contributed by atoms with Gasteiger partial charge < -0.3 is 23.9 Å². The van der Waals surface area contributed by atoms with Gasteiger partial charge in [-0.1, -0.05) is 11.6 Å². The number of benzene rings is 2. The minimum Gasteiger partial charge on any atom is -0.493 e. The van der Waals surface area contributed by atoms with E-state index in [4.69, 9.17) is 30.2 Å². The number of aryl methyl sites for hydroxylation is 1. The smallest absolute Gasteiger partial charge is 0.288 e. The van der Waals surface area contributed by atoms with Crippen LogP contribution in [0.3, 0.4) is 0 Å². The van der Waals surface area contributed by atoms with E-state index < -0.39 is 11.9 Å². The second-order valence-corrected chi connectivity index (χ2v) is 7.04. The summed E-state index contributed by atoms with van der Waals surface area (Å²) in [5.74, 6) is 0.756. The van der Waals surface area contributed by atoms with Crippen molar-refractivity contribution in [3.05, 3.63) is 62.0 Å². The number of carbonyl (C=O) groups excluding carboxylic acids is 1. The maximum absolute atomic E-state index is 13.2. The van der Waals surface area contributed by atoms with E-state index in [1.165, 1.54) is 21.3 Å². The monoisotopic (exact) mass is 415 g/mol. The number of ether oxygens (including phenoxy) is 3. The fourth-order valence-electron chi connectivity index (χ4n) is 3.55. The Morgan fingerprint density at radius 3 is 2.24 bits per heavy atom. The first-order valence-electron chi connectivity index (χ1n) is 8.77. The summed E-state index contributed by atoms with van der Waals surface area (Å²) in [6.45, 7) is 1.80. The van der Waals surface area contributed by atoms with E-state index in [1.54, 1.807) is 31.2 Å². The van der Waals surface area contributed by atoms with Crippen molar-refractivity contribution in [1.29, 1.82) is 0 Å².